The van der Waals surface area contributed by atoms with E-state index in [0.717, 1.165) is 27.4 Å². The lowest BCUT2D eigenvalue weighted by molar-refractivity contribution is -0.140. The SMILES string of the molecule is CCNC(=O)[C@@H](Cc1ccccc1)N(Cc1ccc(Cl)cc1)C(=O)CN(c1ccc(CC)cc1)S(=O)(=O)c1ccccc1. The van der Waals surface area contributed by atoms with Gasteiger partial charge in [0.1, 0.15) is 12.6 Å². The Morgan fingerprint density at radius 1 is 0.767 bits per heavy atom. The lowest BCUT2D eigenvalue weighted by atomic mass is 10.0. The molecule has 1 N–H and O–H groups in total. The molecule has 0 aromatic heterocycles. The summed E-state index contributed by atoms with van der Waals surface area (Å²) in [7, 11) is -4.13. The highest BCUT2D eigenvalue weighted by molar-refractivity contribution is 7.92. The molecule has 0 saturated carbocycles. The molecule has 0 aliphatic heterocycles. The van der Waals surface area contributed by atoms with Crippen molar-refractivity contribution in [3.8, 4) is 0 Å². The number of amides is 2. The van der Waals surface area contributed by atoms with Crippen LogP contribution < -0.4 is 9.62 Å². The molecular weight excluding hydrogens is 582 g/mol. The Labute approximate surface area is 259 Å². The minimum Gasteiger partial charge on any atom is -0.355 e. The third-order valence-corrected chi connectivity index (χ3v) is 9.17. The molecule has 4 aromatic carbocycles. The van der Waals surface area contributed by atoms with Crippen LogP contribution in [-0.2, 0) is 39.0 Å². The van der Waals surface area contributed by atoms with Crippen LogP contribution in [0.3, 0.4) is 0 Å². The summed E-state index contributed by atoms with van der Waals surface area (Å²) in [5.41, 5.74) is 3.02. The van der Waals surface area contributed by atoms with E-state index in [-0.39, 0.29) is 23.8 Å². The topological polar surface area (TPSA) is 86.8 Å². The number of anilines is 1. The molecule has 1 atom stereocenters. The Morgan fingerprint density at radius 2 is 1.35 bits per heavy atom. The maximum atomic E-state index is 14.4. The molecule has 0 aliphatic rings. The number of carbonyl (C=O) groups is 2. The van der Waals surface area contributed by atoms with Gasteiger partial charge < -0.3 is 10.2 Å². The summed E-state index contributed by atoms with van der Waals surface area (Å²) in [6.07, 6.45) is 1.04. The summed E-state index contributed by atoms with van der Waals surface area (Å²) >= 11 is 6.12. The first kappa shape index (κ1) is 31.8. The van der Waals surface area contributed by atoms with E-state index < -0.39 is 28.5 Å². The van der Waals surface area contributed by atoms with Crippen LogP contribution in [0.4, 0.5) is 5.69 Å². The van der Waals surface area contributed by atoms with Gasteiger partial charge in [-0.3, -0.25) is 13.9 Å². The summed E-state index contributed by atoms with van der Waals surface area (Å²) in [6.45, 7) is 3.79. The standard InChI is InChI=1S/C34H36ClN3O4S/c1-3-26-17-21-30(22-18-26)38(43(41,42)31-13-9-6-10-14-31)25-33(39)37(24-28-15-19-29(35)20-16-28)32(34(40)36-4-2)23-27-11-7-5-8-12-27/h5-22,32H,3-4,23-25H2,1-2H3,(H,36,40)/t32-/m1/s1. The van der Waals surface area contributed by atoms with Gasteiger partial charge in [0.25, 0.3) is 10.0 Å². The number of hydrogen-bond donors (Lipinski definition) is 1. The predicted molar refractivity (Wildman–Crippen MR) is 171 cm³/mol. The van der Waals surface area contributed by atoms with Crippen LogP contribution in [0.15, 0.2) is 114 Å². The number of hydrogen-bond acceptors (Lipinski definition) is 4. The number of carbonyl (C=O) groups excluding carboxylic acids is 2. The minimum absolute atomic E-state index is 0.0659. The number of aryl methyl sites for hydroxylation is 1. The highest BCUT2D eigenvalue weighted by Crippen LogP contribution is 2.26. The molecule has 0 heterocycles. The fourth-order valence-electron chi connectivity index (χ4n) is 4.78. The summed E-state index contributed by atoms with van der Waals surface area (Å²) in [4.78, 5) is 29.4. The van der Waals surface area contributed by atoms with E-state index in [4.69, 9.17) is 11.6 Å². The molecule has 0 saturated heterocycles. The zero-order valence-electron chi connectivity index (χ0n) is 24.3. The zero-order chi connectivity index (χ0) is 30.8. The van der Waals surface area contributed by atoms with Crippen molar-refractivity contribution >= 4 is 39.1 Å². The molecule has 0 radical (unpaired) electrons. The van der Waals surface area contributed by atoms with Crippen LogP contribution in [0.2, 0.25) is 5.02 Å². The van der Waals surface area contributed by atoms with Gasteiger partial charge >= 0.3 is 0 Å². The van der Waals surface area contributed by atoms with Crippen molar-refractivity contribution in [3.05, 3.63) is 131 Å². The molecule has 0 bridgehead atoms. The molecule has 2 amide bonds. The summed E-state index contributed by atoms with van der Waals surface area (Å²) in [6, 6.07) is 30.7. The predicted octanol–water partition coefficient (Wildman–Crippen LogP) is 5.87. The summed E-state index contributed by atoms with van der Waals surface area (Å²) in [5.74, 6) is -0.834. The van der Waals surface area contributed by atoms with Crippen molar-refractivity contribution in [2.45, 2.75) is 44.2 Å². The van der Waals surface area contributed by atoms with Gasteiger partial charge in [-0.15, -0.1) is 0 Å². The van der Waals surface area contributed by atoms with Crippen LogP contribution in [-0.4, -0.2) is 44.3 Å². The number of nitrogens with one attached hydrogen (secondary N) is 1. The van der Waals surface area contributed by atoms with Gasteiger partial charge in [-0.25, -0.2) is 8.42 Å². The van der Waals surface area contributed by atoms with E-state index in [2.05, 4.69) is 5.32 Å². The Kier molecular flexibility index (Phi) is 11.0. The van der Waals surface area contributed by atoms with Gasteiger partial charge in [-0.05, 0) is 66.4 Å². The molecule has 0 fully saturated rings. The van der Waals surface area contributed by atoms with Gasteiger partial charge in [0, 0.05) is 24.5 Å². The number of halogens is 1. The fourth-order valence-corrected chi connectivity index (χ4v) is 6.34. The second-order valence-electron chi connectivity index (χ2n) is 10.1. The number of nitrogens with zero attached hydrogens (tertiary/aromatic N) is 2. The van der Waals surface area contributed by atoms with Crippen LogP contribution in [0.5, 0.6) is 0 Å². The molecule has 0 aliphatic carbocycles. The van der Waals surface area contributed by atoms with E-state index in [9.17, 15) is 18.0 Å². The Morgan fingerprint density at radius 3 is 1.93 bits per heavy atom. The van der Waals surface area contributed by atoms with E-state index in [0.29, 0.717) is 17.3 Å². The van der Waals surface area contributed by atoms with Gasteiger partial charge in [-0.1, -0.05) is 91.3 Å². The first-order valence-corrected chi connectivity index (χ1v) is 16.1. The Balaban J connectivity index is 1.78. The maximum absolute atomic E-state index is 14.4. The largest absolute Gasteiger partial charge is 0.355 e. The monoisotopic (exact) mass is 617 g/mol. The smallest absolute Gasteiger partial charge is 0.264 e. The number of benzene rings is 4. The van der Waals surface area contributed by atoms with Crippen molar-refractivity contribution < 1.29 is 18.0 Å². The van der Waals surface area contributed by atoms with Crippen LogP contribution in [0.1, 0.15) is 30.5 Å². The van der Waals surface area contributed by atoms with Gasteiger partial charge in [0.2, 0.25) is 11.8 Å². The first-order valence-electron chi connectivity index (χ1n) is 14.2. The van der Waals surface area contributed by atoms with Gasteiger partial charge in [-0.2, -0.15) is 0 Å². The molecule has 9 heteroatoms. The second kappa shape index (κ2) is 14.8. The van der Waals surface area contributed by atoms with Crippen LogP contribution >= 0.6 is 11.6 Å². The molecule has 224 valence electrons. The summed E-state index contributed by atoms with van der Waals surface area (Å²) < 4.78 is 29.1. The first-order chi connectivity index (χ1) is 20.7. The number of likely N-dealkylation sites (N-methyl/N-ethyl adjacent to an activating group) is 1. The van der Waals surface area contributed by atoms with Crippen molar-refractivity contribution in [2.75, 3.05) is 17.4 Å². The molecule has 0 spiro atoms. The Bertz CT molecular complexity index is 1600. The van der Waals surface area contributed by atoms with Crippen molar-refractivity contribution in [1.82, 2.24) is 10.2 Å². The van der Waals surface area contributed by atoms with Crippen molar-refractivity contribution in [3.63, 3.8) is 0 Å². The van der Waals surface area contributed by atoms with E-state index in [1.54, 1.807) is 54.6 Å². The molecular formula is C34H36ClN3O4S. The molecule has 7 nitrogen and oxygen atoms in total. The van der Waals surface area contributed by atoms with Crippen molar-refractivity contribution in [2.24, 2.45) is 0 Å². The number of sulfonamides is 1. The highest BCUT2D eigenvalue weighted by atomic mass is 35.5. The maximum Gasteiger partial charge on any atom is 0.264 e. The third kappa shape index (κ3) is 8.24. The Hall–Kier alpha value is -4.14. The fraction of sp³-hybridized carbons (Fsp3) is 0.235. The average Bonchev–Trinajstić information content (AvgIpc) is 3.03. The average molecular weight is 618 g/mol. The van der Waals surface area contributed by atoms with E-state index >= 15 is 0 Å². The molecule has 4 aromatic rings. The lowest BCUT2D eigenvalue weighted by Gasteiger charge is -2.34. The molecule has 4 rings (SSSR count). The highest BCUT2D eigenvalue weighted by Gasteiger charge is 2.34. The molecule has 0 unspecified atom stereocenters. The second-order valence-corrected chi connectivity index (χ2v) is 12.4. The quantitative estimate of drug-likeness (QED) is 0.203. The zero-order valence-corrected chi connectivity index (χ0v) is 25.9. The normalized spacial score (nSPS) is 11.9. The van der Waals surface area contributed by atoms with Crippen LogP contribution in [0, 0.1) is 0 Å². The summed E-state index contributed by atoms with van der Waals surface area (Å²) in [5, 5.41) is 3.41. The third-order valence-electron chi connectivity index (χ3n) is 7.13. The minimum atomic E-state index is -4.13. The lowest BCUT2D eigenvalue weighted by Crippen LogP contribution is -2.53. The van der Waals surface area contributed by atoms with Crippen LogP contribution in [0.25, 0.3) is 0 Å². The van der Waals surface area contributed by atoms with E-state index in [1.165, 1.54) is 17.0 Å². The van der Waals surface area contributed by atoms with Crippen molar-refractivity contribution in [1.29, 1.82) is 0 Å². The van der Waals surface area contributed by atoms with Gasteiger partial charge in [0.15, 0.2) is 0 Å². The molecule has 43 heavy (non-hydrogen) atoms. The number of rotatable bonds is 13. The van der Waals surface area contributed by atoms with E-state index in [1.807, 2.05) is 56.3 Å². The van der Waals surface area contributed by atoms with Gasteiger partial charge in [0.05, 0.1) is 10.6 Å².